The van der Waals surface area contributed by atoms with Crippen molar-refractivity contribution in [3.63, 3.8) is 0 Å². The molecule has 1 spiro atoms. The lowest BCUT2D eigenvalue weighted by Crippen LogP contribution is -2.50. The first-order chi connectivity index (χ1) is 19.7. The summed E-state index contributed by atoms with van der Waals surface area (Å²) in [7, 11) is 0. The van der Waals surface area contributed by atoms with E-state index >= 15 is 0 Å². The van der Waals surface area contributed by atoms with Crippen LogP contribution in [-0.4, -0.2) is 33.3 Å². The average Bonchev–Trinajstić information content (AvgIpc) is 3.52. The maximum absolute atomic E-state index is 14.5. The predicted octanol–water partition coefficient (Wildman–Crippen LogP) is 3.72. The third kappa shape index (κ3) is 3.48. The van der Waals surface area contributed by atoms with Crippen LogP contribution in [0.5, 0.6) is 0 Å². The van der Waals surface area contributed by atoms with Gasteiger partial charge in [-0.25, -0.2) is 9.88 Å². The first-order valence-electron chi connectivity index (χ1n) is 13.9. The smallest absolute Gasteiger partial charge is 0.266 e. The van der Waals surface area contributed by atoms with Gasteiger partial charge in [-0.3, -0.25) is 29.1 Å². The summed E-state index contributed by atoms with van der Waals surface area (Å²) < 4.78 is 1.61. The fourth-order valence-electron chi connectivity index (χ4n) is 7.08. The molecule has 2 fully saturated rings. The highest BCUT2D eigenvalue weighted by atomic mass is 16.2. The van der Waals surface area contributed by atoms with Crippen LogP contribution in [0.15, 0.2) is 77.6 Å². The zero-order chi connectivity index (χ0) is 28.6. The number of fused-ring (bicyclic) bond motifs is 8. The molecular formula is C32H29N5O4. The SMILES string of the molecule is CC(=O)Nc1ccc(N2C(=O)[C@H]3[C@H](CC(C)C)N[C@@]4(c5ccccc5-n5c4nc4ccccc4c5=O)[C@H]3C2=O)cc1. The summed E-state index contributed by atoms with van der Waals surface area (Å²) in [5, 5.41) is 6.94. The number of para-hydroxylation sites is 2. The number of benzene rings is 3. The first-order valence-corrected chi connectivity index (χ1v) is 13.9. The van der Waals surface area contributed by atoms with E-state index in [1.54, 1.807) is 41.0 Å². The van der Waals surface area contributed by atoms with Crippen LogP contribution < -0.4 is 21.1 Å². The summed E-state index contributed by atoms with van der Waals surface area (Å²) in [5.74, 6) is -1.59. The van der Waals surface area contributed by atoms with E-state index in [0.717, 1.165) is 5.56 Å². The Labute approximate surface area is 236 Å². The van der Waals surface area contributed by atoms with Crippen molar-refractivity contribution in [2.75, 3.05) is 10.2 Å². The molecule has 4 aromatic rings. The second-order valence-corrected chi connectivity index (χ2v) is 11.5. The van der Waals surface area contributed by atoms with Crippen molar-refractivity contribution >= 4 is 40.0 Å². The molecular weight excluding hydrogens is 518 g/mol. The quantitative estimate of drug-likeness (QED) is 0.377. The zero-order valence-corrected chi connectivity index (χ0v) is 22.9. The summed E-state index contributed by atoms with van der Waals surface area (Å²) in [4.78, 5) is 60.4. The average molecular weight is 548 g/mol. The molecule has 41 heavy (non-hydrogen) atoms. The molecule has 2 saturated heterocycles. The van der Waals surface area contributed by atoms with Gasteiger partial charge in [0, 0.05) is 24.2 Å². The van der Waals surface area contributed by atoms with Gasteiger partial charge in [0.25, 0.3) is 5.56 Å². The molecule has 4 atom stereocenters. The number of rotatable bonds is 4. The van der Waals surface area contributed by atoms with Gasteiger partial charge in [-0.2, -0.15) is 0 Å². The molecule has 1 aromatic heterocycles. The van der Waals surface area contributed by atoms with Crippen LogP contribution >= 0.6 is 0 Å². The number of hydrogen-bond acceptors (Lipinski definition) is 6. The molecule has 3 aromatic carbocycles. The monoisotopic (exact) mass is 547 g/mol. The number of carbonyl (C=O) groups excluding carboxylic acids is 3. The van der Waals surface area contributed by atoms with Crippen LogP contribution in [0.4, 0.5) is 11.4 Å². The first kappa shape index (κ1) is 25.3. The molecule has 9 nitrogen and oxygen atoms in total. The van der Waals surface area contributed by atoms with Gasteiger partial charge in [0.1, 0.15) is 11.4 Å². The number of imide groups is 1. The Morgan fingerprint density at radius 3 is 2.41 bits per heavy atom. The number of nitrogens with one attached hydrogen (secondary N) is 2. The van der Waals surface area contributed by atoms with Crippen molar-refractivity contribution in [3.8, 4) is 5.69 Å². The minimum Gasteiger partial charge on any atom is -0.326 e. The third-order valence-corrected chi connectivity index (χ3v) is 8.53. The Morgan fingerprint density at radius 2 is 1.68 bits per heavy atom. The summed E-state index contributed by atoms with van der Waals surface area (Å²) in [6.07, 6.45) is 0.664. The molecule has 3 amide bonds. The summed E-state index contributed by atoms with van der Waals surface area (Å²) in [6, 6.07) is 21.2. The number of hydrogen-bond donors (Lipinski definition) is 2. The third-order valence-electron chi connectivity index (χ3n) is 8.53. The van der Waals surface area contributed by atoms with Gasteiger partial charge in [-0.15, -0.1) is 0 Å². The van der Waals surface area contributed by atoms with Gasteiger partial charge >= 0.3 is 0 Å². The fraction of sp³-hybridized carbons (Fsp3) is 0.281. The second-order valence-electron chi connectivity index (χ2n) is 11.5. The summed E-state index contributed by atoms with van der Waals surface area (Å²) in [6.45, 7) is 5.60. The van der Waals surface area contributed by atoms with Crippen LogP contribution in [0.1, 0.15) is 38.6 Å². The number of amides is 3. The highest BCUT2D eigenvalue weighted by molar-refractivity contribution is 6.23. The molecule has 4 heterocycles. The summed E-state index contributed by atoms with van der Waals surface area (Å²) in [5.41, 5.74) is 1.63. The van der Waals surface area contributed by atoms with Gasteiger partial charge in [0.05, 0.1) is 34.1 Å². The fourth-order valence-corrected chi connectivity index (χ4v) is 7.08. The maximum atomic E-state index is 14.5. The highest BCUT2D eigenvalue weighted by Gasteiger charge is 2.69. The molecule has 206 valence electrons. The number of nitrogens with zero attached hydrogens (tertiary/aromatic N) is 3. The number of aromatic nitrogens is 2. The highest BCUT2D eigenvalue weighted by Crippen LogP contribution is 2.56. The number of anilines is 2. The molecule has 0 bridgehead atoms. The van der Waals surface area contributed by atoms with E-state index in [-0.39, 0.29) is 35.2 Å². The van der Waals surface area contributed by atoms with E-state index in [4.69, 9.17) is 4.98 Å². The predicted molar refractivity (Wildman–Crippen MR) is 155 cm³/mol. The van der Waals surface area contributed by atoms with Crippen molar-refractivity contribution in [2.24, 2.45) is 17.8 Å². The van der Waals surface area contributed by atoms with E-state index < -0.39 is 17.4 Å². The van der Waals surface area contributed by atoms with Gasteiger partial charge in [0.15, 0.2) is 0 Å². The number of carbonyl (C=O) groups is 3. The Balaban J connectivity index is 1.45. The minimum atomic E-state index is -1.17. The van der Waals surface area contributed by atoms with E-state index in [1.165, 1.54) is 11.8 Å². The topological polar surface area (TPSA) is 113 Å². The Hall–Kier alpha value is -4.63. The maximum Gasteiger partial charge on any atom is 0.266 e. The van der Waals surface area contributed by atoms with E-state index in [0.29, 0.717) is 40.2 Å². The van der Waals surface area contributed by atoms with Crippen LogP contribution in [0.2, 0.25) is 0 Å². The van der Waals surface area contributed by atoms with Crippen LogP contribution in [0, 0.1) is 17.8 Å². The van der Waals surface area contributed by atoms with Crippen molar-refractivity contribution in [3.05, 3.63) is 94.5 Å². The molecule has 0 saturated carbocycles. The van der Waals surface area contributed by atoms with Gasteiger partial charge < -0.3 is 5.32 Å². The van der Waals surface area contributed by atoms with E-state index in [9.17, 15) is 19.2 Å². The van der Waals surface area contributed by atoms with E-state index in [1.807, 2.05) is 36.4 Å². The Bertz CT molecular complexity index is 1830. The van der Waals surface area contributed by atoms with Crippen LogP contribution in [-0.2, 0) is 19.9 Å². The lowest BCUT2D eigenvalue weighted by molar-refractivity contribution is -0.123. The standard InChI is InChI=1S/C32H29N5O4/c1-17(2)16-24-26-27(30(41)36(29(26)40)20-14-12-19(13-15-20)33-18(3)38)32(35-24)22-9-5-7-11-25(22)37-28(39)21-8-4-6-10-23(21)34-31(32)37/h4-15,17,24,26-27,35H,16H2,1-3H3,(H,33,38)/t24-,26-,27+,32-/m0/s1. The van der Waals surface area contributed by atoms with Gasteiger partial charge in [0.2, 0.25) is 17.7 Å². The van der Waals surface area contributed by atoms with Gasteiger partial charge in [-0.05, 0) is 54.8 Å². The largest absolute Gasteiger partial charge is 0.326 e. The van der Waals surface area contributed by atoms with Crippen LogP contribution in [0.3, 0.4) is 0 Å². The normalized spacial score (nSPS) is 24.3. The van der Waals surface area contributed by atoms with Crippen molar-refractivity contribution in [2.45, 2.75) is 38.8 Å². The van der Waals surface area contributed by atoms with Crippen molar-refractivity contribution < 1.29 is 14.4 Å². The molecule has 0 unspecified atom stereocenters. The molecule has 2 N–H and O–H groups in total. The lowest BCUT2D eigenvalue weighted by atomic mass is 9.75. The van der Waals surface area contributed by atoms with Crippen molar-refractivity contribution in [1.82, 2.24) is 14.9 Å². The zero-order valence-electron chi connectivity index (χ0n) is 22.9. The lowest BCUT2D eigenvalue weighted by Gasteiger charge is -2.32. The second kappa shape index (κ2) is 8.94. The Morgan fingerprint density at radius 1 is 0.976 bits per heavy atom. The molecule has 3 aliphatic rings. The molecule has 0 aliphatic carbocycles. The molecule has 0 radical (unpaired) electrons. The van der Waals surface area contributed by atoms with E-state index in [2.05, 4.69) is 24.5 Å². The van der Waals surface area contributed by atoms with Gasteiger partial charge in [-0.1, -0.05) is 44.2 Å². The molecule has 9 heteroatoms. The summed E-state index contributed by atoms with van der Waals surface area (Å²) >= 11 is 0. The Kier molecular flexibility index (Phi) is 5.53. The van der Waals surface area contributed by atoms with Crippen molar-refractivity contribution in [1.29, 1.82) is 0 Å². The van der Waals surface area contributed by atoms with Crippen LogP contribution in [0.25, 0.3) is 16.6 Å². The molecule has 7 rings (SSSR count). The molecule has 3 aliphatic heterocycles. The minimum absolute atomic E-state index is 0.206.